The summed E-state index contributed by atoms with van der Waals surface area (Å²) >= 11 is 3.07. The summed E-state index contributed by atoms with van der Waals surface area (Å²) in [5.41, 5.74) is 0. The number of carbonyl (C=O) groups excluding carboxylic acids is 2. The van der Waals surface area contributed by atoms with Crippen molar-refractivity contribution in [3.8, 4) is 0 Å². The van der Waals surface area contributed by atoms with Gasteiger partial charge in [0.05, 0.1) is 32.7 Å². The Kier molecular flexibility index (Phi) is 17.6. The summed E-state index contributed by atoms with van der Waals surface area (Å²) in [6.45, 7) is 9.62. The molecule has 0 aliphatic rings. The van der Waals surface area contributed by atoms with E-state index in [1.165, 1.54) is 5.82 Å². The molecule has 2 unspecified atom stereocenters. The quantitative estimate of drug-likeness (QED) is 0.233. The van der Waals surface area contributed by atoms with Gasteiger partial charge in [0.25, 0.3) is 0 Å². The number of alkyl halides is 1. The molecule has 0 aromatic carbocycles. The van der Waals surface area contributed by atoms with Crippen LogP contribution in [0.4, 0.5) is 0 Å². The van der Waals surface area contributed by atoms with Crippen LogP contribution in [0.5, 0.6) is 0 Å². The van der Waals surface area contributed by atoms with Crippen LogP contribution in [-0.4, -0.2) is 60.5 Å². The van der Waals surface area contributed by atoms with E-state index in [0.717, 1.165) is 0 Å². The summed E-state index contributed by atoms with van der Waals surface area (Å²) < 4.78 is 37.4. The Labute approximate surface area is 170 Å². The number of hydrogen-bond donors (Lipinski definition) is 1. The lowest BCUT2D eigenvalue weighted by Crippen LogP contribution is -2.07. The van der Waals surface area contributed by atoms with Gasteiger partial charge >= 0.3 is 11.9 Å². The zero-order chi connectivity index (χ0) is 21.3. The molecule has 0 aromatic heterocycles. The van der Waals surface area contributed by atoms with Crippen LogP contribution in [0.25, 0.3) is 0 Å². The van der Waals surface area contributed by atoms with Crippen LogP contribution < -0.4 is 0 Å². The molecule has 0 aliphatic carbocycles. The molecule has 160 valence electrons. The first-order chi connectivity index (χ1) is 12.6. The molecule has 0 amide bonds. The molecule has 0 saturated heterocycles. The Morgan fingerprint density at radius 2 is 1.44 bits per heavy atom. The van der Waals surface area contributed by atoms with Gasteiger partial charge in [-0.3, -0.25) is 18.7 Å². The van der Waals surface area contributed by atoms with E-state index in [1.54, 1.807) is 20.8 Å². The molecule has 0 fully saturated rings. The smallest absolute Gasteiger partial charge is 0.306 e. The second-order valence-electron chi connectivity index (χ2n) is 5.14. The van der Waals surface area contributed by atoms with Crippen molar-refractivity contribution in [2.45, 2.75) is 33.6 Å². The van der Waals surface area contributed by atoms with Crippen LogP contribution in [0.1, 0.15) is 33.6 Å². The largest absolute Gasteiger partial charge is 0.466 e. The van der Waals surface area contributed by atoms with Crippen molar-refractivity contribution in [1.82, 2.24) is 0 Å². The number of halogens is 1. The zero-order valence-electron chi connectivity index (χ0n) is 16.2. The van der Waals surface area contributed by atoms with Crippen molar-refractivity contribution >= 4 is 42.6 Å². The molecule has 0 rings (SSSR count). The number of hydrogen-bond acceptors (Lipinski definition) is 7. The summed E-state index contributed by atoms with van der Waals surface area (Å²) in [6, 6.07) is 0. The number of rotatable bonds is 13. The van der Waals surface area contributed by atoms with Crippen molar-refractivity contribution in [2.75, 3.05) is 43.6 Å². The maximum Gasteiger partial charge on any atom is 0.306 e. The first-order valence-corrected chi connectivity index (χ1v) is 13.7. The Morgan fingerprint density at radius 3 is 1.81 bits per heavy atom. The second-order valence-corrected chi connectivity index (χ2v) is 11.0. The molecule has 0 bridgehead atoms. The molecule has 11 heteroatoms. The maximum absolute atomic E-state index is 11.7. The van der Waals surface area contributed by atoms with Crippen molar-refractivity contribution in [3.05, 3.63) is 12.4 Å². The second kappa shape index (κ2) is 16.5. The highest BCUT2D eigenvalue weighted by Gasteiger charge is 2.20. The third-order valence-corrected chi connectivity index (χ3v) is 7.92. The highest BCUT2D eigenvalue weighted by molar-refractivity contribution is 9.09. The molecular weight excluding hydrogens is 462 g/mol. The Bertz CT molecular complexity index is 539. The van der Waals surface area contributed by atoms with Gasteiger partial charge in [0.2, 0.25) is 14.7 Å². The summed E-state index contributed by atoms with van der Waals surface area (Å²) in [5.74, 6) is 0.524. The number of carbonyl (C=O) groups is 2. The zero-order valence-corrected chi connectivity index (χ0v) is 19.6. The van der Waals surface area contributed by atoms with E-state index < -0.39 is 20.7 Å². The summed E-state index contributed by atoms with van der Waals surface area (Å²) in [7, 11) is -5.93. The van der Waals surface area contributed by atoms with E-state index in [-0.39, 0.29) is 37.3 Å². The fourth-order valence-electron chi connectivity index (χ4n) is 1.65. The molecule has 2 atom stereocenters. The van der Waals surface area contributed by atoms with Crippen molar-refractivity contribution in [1.29, 1.82) is 0 Å². The van der Waals surface area contributed by atoms with E-state index in [2.05, 4.69) is 27.2 Å². The van der Waals surface area contributed by atoms with Gasteiger partial charge in [-0.2, -0.15) is 0 Å². The van der Waals surface area contributed by atoms with Crippen LogP contribution in [0.2, 0.25) is 0 Å². The molecule has 0 radical (unpaired) electrons. The fourth-order valence-corrected chi connectivity index (χ4v) is 5.68. The highest BCUT2D eigenvalue weighted by Crippen LogP contribution is 2.48. The Hall–Kier alpha value is -0.460. The average molecular weight is 493 g/mol. The summed E-state index contributed by atoms with van der Waals surface area (Å²) in [5, 5.41) is 0.476. The van der Waals surface area contributed by atoms with E-state index in [1.807, 2.05) is 0 Å². The third kappa shape index (κ3) is 17.4. The van der Waals surface area contributed by atoms with Gasteiger partial charge in [0, 0.05) is 23.8 Å². The summed E-state index contributed by atoms with van der Waals surface area (Å²) in [6.07, 6.45) is 0.513. The van der Waals surface area contributed by atoms with Crippen molar-refractivity contribution in [3.63, 3.8) is 0 Å². The van der Waals surface area contributed by atoms with Crippen LogP contribution in [0.15, 0.2) is 12.4 Å². The van der Waals surface area contributed by atoms with E-state index in [9.17, 15) is 23.6 Å². The van der Waals surface area contributed by atoms with Gasteiger partial charge in [0.15, 0.2) is 0 Å². The lowest BCUT2D eigenvalue weighted by molar-refractivity contribution is -0.143. The average Bonchev–Trinajstić information content (AvgIpc) is 2.60. The predicted octanol–water partition coefficient (Wildman–Crippen LogP) is 4.00. The van der Waals surface area contributed by atoms with Gasteiger partial charge in [-0.05, 0) is 26.6 Å². The lowest BCUT2D eigenvalue weighted by Gasteiger charge is -2.12. The summed E-state index contributed by atoms with van der Waals surface area (Å²) in [4.78, 5) is 31.1. The van der Waals surface area contributed by atoms with Crippen molar-refractivity contribution in [2.24, 2.45) is 0 Å². The topological polar surface area (TPSA) is 116 Å². The van der Waals surface area contributed by atoms with Crippen molar-refractivity contribution < 1.29 is 37.6 Å². The van der Waals surface area contributed by atoms with Gasteiger partial charge in [-0.1, -0.05) is 22.5 Å². The minimum absolute atomic E-state index is 0.0113. The third-order valence-electron chi connectivity index (χ3n) is 2.96. The van der Waals surface area contributed by atoms with Gasteiger partial charge in [-0.25, -0.2) is 0 Å². The first kappa shape index (κ1) is 28.7. The minimum atomic E-state index is -3.12. The normalized spacial score (nSPS) is 14.7. The highest BCUT2D eigenvalue weighted by atomic mass is 79.9. The maximum atomic E-state index is 11.7. The predicted molar refractivity (Wildman–Crippen MR) is 110 cm³/mol. The molecule has 0 spiro atoms. The standard InChI is InChI=1S/C9H17O4P.C7H14BrO4P/c1-4-12-9(10)7-8-14(11,6-3)13-5-2;1-2-12-7(9)3-5-13(10,11)6-4-8/h6H,3-5,7-8H2,1-2H3;2-6H2,1H3,(H,10,11). The van der Waals surface area contributed by atoms with E-state index in [4.69, 9.17) is 9.26 Å². The van der Waals surface area contributed by atoms with Gasteiger partial charge in [0.1, 0.15) is 0 Å². The van der Waals surface area contributed by atoms with Gasteiger partial charge in [-0.15, -0.1) is 0 Å². The first-order valence-electron chi connectivity index (χ1n) is 8.64. The van der Waals surface area contributed by atoms with E-state index >= 15 is 0 Å². The van der Waals surface area contributed by atoms with Crippen LogP contribution in [0.3, 0.4) is 0 Å². The fraction of sp³-hybridized carbons (Fsp3) is 0.750. The van der Waals surface area contributed by atoms with Crippen LogP contribution in [0, 0.1) is 0 Å². The monoisotopic (exact) mass is 492 g/mol. The molecule has 1 N–H and O–H groups in total. The Balaban J connectivity index is 0. The SMILES string of the molecule is C=CP(=O)(CCC(=O)OCC)OCC.CCOC(=O)CCP(=O)(O)CCBr. The number of esters is 2. The molecular formula is C16H31BrO8P2. The molecule has 8 nitrogen and oxygen atoms in total. The van der Waals surface area contributed by atoms with Crippen LogP contribution in [-0.2, 0) is 32.7 Å². The van der Waals surface area contributed by atoms with Crippen LogP contribution >= 0.6 is 30.7 Å². The molecule has 0 heterocycles. The van der Waals surface area contributed by atoms with Gasteiger partial charge < -0.3 is 18.9 Å². The lowest BCUT2D eigenvalue weighted by atomic mass is 10.5. The minimum Gasteiger partial charge on any atom is -0.466 e. The molecule has 27 heavy (non-hydrogen) atoms. The molecule has 0 aliphatic heterocycles. The molecule has 0 saturated carbocycles. The van der Waals surface area contributed by atoms with E-state index in [0.29, 0.717) is 25.2 Å². The number of ether oxygens (including phenoxy) is 2. The Morgan fingerprint density at radius 1 is 0.963 bits per heavy atom. The molecule has 0 aromatic rings.